The van der Waals surface area contributed by atoms with Crippen molar-refractivity contribution < 1.29 is 14.3 Å². The molecule has 7 nitrogen and oxygen atoms in total. The fourth-order valence-electron chi connectivity index (χ4n) is 5.48. The van der Waals surface area contributed by atoms with Gasteiger partial charge in [-0.3, -0.25) is 9.59 Å². The first-order valence-corrected chi connectivity index (χ1v) is 11.8. The maximum atomic E-state index is 13.3. The molecule has 2 unspecified atom stereocenters. The summed E-state index contributed by atoms with van der Waals surface area (Å²) in [5.74, 6) is 2.54. The van der Waals surface area contributed by atoms with Crippen LogP contribution in [0.15, 0.2) is 12.1 Å². The van der Waals surface area contributed by atoms with Gasteiger partial charge in [-0.15, -0.1) is 0 Å². The van der Waals surface area contributed by atoms with E-state index in [1.807, 2.05) is 24.0 Å². The van der Waals surface area contributed by atoms with Crippen LogP contribution in [0.5, 0.6) is 5.88 Å². The zero-order chi connectivity index (χ0) is 21.3. The third-order valence-electron chi connectivity index (χ3n) is 7.41. The summed E-state index contributed by atoms with van der Waals surface area (Å²) in [7, 11) is 0. The molecule has 2 amide bonds. The zero-order valence-corrected chi connectivity index (χ0v) is 18.5. The van der Waals surface area contributed by atoms with Crippen molar-refractivity contribution in [1.29, 1.82) is 0 Å². The van der Waals surface area contributed by atoms with E-state index in [1.54, 1.807) is 9.42 Å². The highest BCUT2D eigenvalue weighted by Crippen LogP contribution is 2.53. The standard InChI is InChI=1S/C23H27ClN4O3/c1-2-31-20-11-16(13-3-4-13)10-18-21(24)22(25-28(18)20)23(30)26-5-6-27(19(29)12-26)17-8-14-7-15(14)9-17/h10-11,13-15,17H,2-9,12H2,1H3. The second kappa shape index (κ2) is 7.12. The van der Waals surface area contributed by atoms with E-state index < -0.39 is 0 Å². The summed E-state index contributed by atoms with van der Waals surface area (Å²) >= 11 is 6.65. The van der Waals surface area contributed by atoms with Crippen molar-refractivity contribution in [1.82, 2.24) is 19.4 Å². The molecule has 3 saturated carbocycles. The van der Waals surface area contributed by atoms with Gasteiger partial charge in [0.2, 0.25) is 11.8 Å². The maximum Gasteiger partial charge on any atom is 0.276 e. The molecule has 0 bridgehead atoms. The lowest BCUT2D eigenvalue weighted by molar-refractivity contribution is -0.137. The largest absolute Gasteiger partial charge is 0.478 e. The van der Waals surface area contributed by atoms with E-state index in [1.165, 1.54) is 12.0 Å². The van der Waals surface area contributed by atoms with Gasteiger partial charge in [0.15, 0.2) is 5.69 Å². The molecule has 0 spiro atoms. The first-order valence-electron chi connectivity index (χ1n) is 11.5. The van der Waals surface area contributed by atoms with Crippen LogP contribution < -0.4 is 4.74 Å². The van der Waals surface area contributed by atoms with Crippen molar-refractivity contribution >= 4 is 28.9 Å². The Morgan fingerprint density at radius 3 is 2.65 bits per heavy atom. The van der Waals surface area contributed by atoms with Gasteiger partial charge in [-0.1, -0.05) is 11.6 Å². The van der Waals surface area contributed by atoms with E-state index in [2.05, 4.69) is 5.10 Å². The molecule has 1 aliphatic heterocycles. The second-order valence-corrected chi connectivity index (χ2v) is 9.87. The van der Waals surface area contributed by atoms with Gasteiger partial charge in [-0.2, -0.15) is 9.61 Å². The molecule has 0 N–H and O–H groups in total. The fourth-order valence-corrected chi connectivity index (χ4v) is 5.73. The summed E-state index contributed by atoms with van der Waals surface area (Å²) in [5.41, 5.74) is 2.06. The van der Waals surface area contributed by atoms with Crippen molar-refractivity contribution in [3.05, 3.63) is 28.4 Å². The quantitative estimate of drug-likeness (QED) is 0.712. The van der Waals surface area contributed by atoms with Gasteiger partial charge in [0.05, 0.1) is 17.1 Å². The average Bonchev–Trinajstić information content (AvgIpc) is 3.68. The Morgan fingerprint density at radius 2 is 1.97 bits per heavy atom. The third-order valence-corrected chi connectivity index (χ3v) is 7.78. The first kappa shape index (κ1) is 19.4. The molecule has 6 rings (SSSR count). The van der Waals surface area contributed by atoms with Gasteiger partial charge in [0.1, 0.15) is 6.54 Å². The number of ether oxygens (including phenoxy) is 1. The average molecular weight is 443 g/mol. The molecule has 164 valence electrons. The van der Waals surface area contributed by atoms with Gasteiger partial charge in [0, 0.05) is 25.2 Å². The molecule has 0 aromatic carbocycles. The highest BCUT2D eigenvalue weighted by Gasteiger charge is 2.49. The Hall–Kier alpha value is -2.28. The van der Waals surface area contributed by atoms with Crippen molar-refractivity contribution in [2.45, 2.75) is 51.0 Å². The number of nitrogens with zero attached hydrogens (tertiary/aromatic N) is 4. The van der Waals surface area contributed by atoms with Crippen LogP contribution in [0.3, 0.4) is 0 Å². The molecule has 4 aliphatic rings. The normalized spacial score (nSPS) is 27.7. The zero-order valence-electron chi connectivity index (χ0n) is 17.7. The van der Waals surface area contributed by atoms with Crippen LogP contribution in [0.4, 0.5) is 0 Å². The van der Waals surface area contributed by atoms with Crippen LogP contribution in [-0.4, -0.2) is 63.5 Å². The molecule has 2 atom stereocenters. The summed E-state index contributed by atoms with van der Waals surface area (Å²) < 4.78 is 7.41. The fraction of sp³-hybridized carbons (Fsp3) is 0.609. The number of hydrogen-bond donors (Lipinski definition) is 0. The number of fused-ring (bicyclic) bond motifs is 2. The Bertz CT molecular complexity index is 1070. The lowest BCUT2D eigenvalue weighted by Crippen LogP contribution is -2.55. The first-order chi connectivity index (χ1) is 15.0. The lowest BCUT2D eigenvalue weighted by Gasteiger charge is -2.38. The number of amides is 2. The minimum absolute atomic E-state index is 0.0387. The third kappa shape index (κ3) is 3.28. The van der Waals surface area contributed by atoms with Crippen LogP contribution in [0, 0.1) is 11.8 Å². The van der Waals surface area contributed by atoms with Crippen LogP contribution >= 0.6 is 11.6 Å². The Kier molecular flexibility index (Phi) is 4.46. The number of piperazine rings is 1. The van der Waals surface area contributed by atoms with Crippen LogP contribution in [0.2, 0.25) is 5.02 Å². The van der Waals surface area contributed by atoms with E-state index in [0.717, 1.165) is 37.5 Å². The van der Waals surface area contributed by atoms with Crippen molar-refractivity contribution in [2.75, 3.05) is 26.2 Å². The molecule has 4 fully saturated rings. The lowest BCUT2D eigenvalue weighted by atomic mass is 10.1. The number of rotatable bonds is 5. The van der Waals surface area contributed by atoms with Crippen LogP contribution in [0.25, 0.3) is 5.52 Å². The molecule has 0 radical (unpaired) electrons. The van der Waals surface area contributed by atoms with E-state index >= 15 is 0 Å². The molecule has 3 aliphatic carbocycles. The summed E-state index contributed by atoms with van der Waals surface area (Å²) in [5, 5.41) is 4.84. The van der Waals surface area contributed by atoms with Gasteiger partial charge in [-0.25, -0.2) is 0 Å². The number of hydrogen-bond acceptors (Lipinski definition) is 4. The second-order valence-electron chi connectivity index (χ2n) is 9.49. The predicted molar refractivity (Wildman–Crippen MR) is 116 cm³/mol. The number of pyridine rings is 1. The number of halogens is 1. The molecule has 31 heavy (non-hydrogen) atoms. The Labute approximate surface area is 186 Å². The molecule has 3 heterocycles. The maximum absolute atomic E-state index is 13.3. The highest BCUT2D eigenvalue weighted by molar-refractivity contribution is 6.36. The minimum atomic E-state index is -0.286. The van der Waals surface area contributed by atoms with Gasteiger partial charge in [0.25, 0.3) is 5.91 Å². The number of aromatic nitrogens is 2. The van der Waals surface area contributed by atoms with E-state index in [4.69, 9.17) is 16.3 Å². The topological polar surface area (TPSA) is 67.2 Å². The molecular weight excluding hydrogens is 416 g/mol. The van der Waals surface area contributed by atoms with Crippen LogP contribution in [-0.2, 0) is 4.79 Å². The molecule has 8 heteroatoms. The Balaban J connectivity index is 1.25. The van der Waals surface area contributed by atoms with E-state index in [9.17, 15) is 9.59 Å². The van der Waals surface area contributed by atoms with Gasteiger partial charge in [-0.05, 0) is 68.4 Å². The summed E-state index contributed by atoms with van der Waals surface area (Å²) in [6.45, 7) is 3.64. The molecular formula is C23H27ClN4O3. The number of carbonyl (C=O) groups is 2. The molecule has 2 aromatic heterocycles. The highest BCUT2D eigenvalue weighted by atomic mass is 35.5. The van der Waals surface area contributed by atoms with Gasteiger partial charge >= 0.3 is 0 Å². The number of carbonyl (C=O) groups excluding carboxylic acids is 2. The van der Waals surface area contributed by atoms with E-state index in [0.29, 0.717) is 48.1 Å². The summed E-state index contributed by atoms with van der Waals surface area (Å²) in [6, 6.07) is 4.38. The van der Waals surface area contributed by atoms with Crippen molar-refractivity contribution in [3.8, 4) is 5.88 Å². The molecule has 1 saturated heterocycles. The smallest absolute Gasteiger partial charge is 0.276 e. The van der Waals surface area contributed by atoms with E-state index in [-0.39, 0.29) is 24.1 Å². The predicted octanol–water partition coefficient (Wildman–Crippen LogP) is 3.35. The minimum Gasteiger partial charge on any atom is -0.478 e. The SMILES string of the molecule is CCOc1cc(C2CC2)cc2c(Cl)c(C(=O)N3CCN(C4CC5CC5C4)C(=O)C3)nn12. The summed E-state index contributed by atoms with van der Waals surface area (Å²) in [6.07, 6.45) is 5.92. The monoisotopic (exact) mass is 442 g/mol. The summed E-state index contributed by atoms with van der Waals surface area (Å²) in [4.78, 5) is 29.7. The van der Waals surface area contributed by atoms with Gasteiger partial charge < -0.3 is 14.5 Å². The van der Waals surface area contributed by atoms with Crippen molar-refractivity contribution in [2.24, 2.45) is 11.8 Å². The molecule has 2 aromatic rings. The van der Waals surface area contributed by atoms with Crippen molar-refractivity contribution in [3.63, 3.8) is 0 Å². The Morgan fingerprint density at radius 1 is 1.19 bits per heavy atom. The van der Waals surface area contributed by atoms with Crippen LogP contribution in [0.1, 0.15) is 61.0 Å².